The summed E-state index contributed by atoms with van der Waals surface area (Å²) in [4.78, 5) is 4.54. The number of fused-ring (bicyclic) bond motifs is 1. The Morgan fingerprint density at radius 1 is 1.14 bits per heavy atom. The number of benzene rings is 1. The van der Waals surface area contributed by atoms with Gasteiger partial charge in [0.25, 0.3) is 10.0 Å². The maximum atomic E-state index is 13.0. The van der Waals surface area contributed by atoms with E-state index in [1.54, 1.807) is 51.3 Å². The van der Waals surface area contributed by atoms with E-state index in [2.05, 4.69) is 4.98 Å². The summed E-state index contributed by atoms with van der Waals surface area (Å²) in [6, 6.07) is 10.5. The van der Waals surface area contributed by atoms with Gasteiger partial charge in [-0.3, -0.25) is 0 Å². The van der Waals surface area contributed by atoms with Gasteiger partial charge < -0.3 is 4.74 Å². The molecule has 3 rings (SSSR count). The largest absolute Gasteiger partial charge is 0.495 e. The standard InChI is InChI=1S/C16H16N2O3S/c1-11-6-4-5-7-15(11)22(19,20)18-12(2)8-13-9-14(21-3)10-17-16(13)18/h4-10H,1-3H3. The summed E-state index contributed by atoms with van der Waals surface area (Å²) < 4.78 is 32.4. The molecule has 0 bridgehead atoms. The third kappa shape index (κ3) is 2.16. The lowest BCUT2D eigenvalue weighted by atomic mass is 10.2. The third-order valence-corrected chi connectivity index (χ3v) is 5.55. The van der Waals surface area contributed by atoms with Gasteiger partial charge in [0.15, 0.2) is 5.65 Å². The van der Waals surface area contributed by atoms with Crippen LogP contribution in [0.2, 0.25) is 0 Å². The highest BCUT2D eigenvalue weighted by atomic mass is 32.2. The van der Waals surface area contributed by atoms with E-state index in [1.165, 1.54) is 10.2 Å². The molecule has 0 amide bonds. The lowest BCUT2D eigenvalue weighted by molar-refractivity contribution is 0.413. The summed E-state index contributed by atoms with van der Waals surface area (Å²) in [6.45, 7) is 3.54. The van der Waals surface area contributed by atoms with Crippen LogP contribution in [0.1, 0.15) is 11.3 Å². The molecule has 0 unspecified atom stereocenters. The van der Waals surface area contributed by atoms with Crippen LogP contribution in [0.4, 0.5) is 0 Å². The molecule has 1 aromatic carbocycles. The fourth-order valence-electron chi connectivity index (χ4n) is 2.54. The molecule has 2 aromatic heterocycles. The molecule has 6 heteroatoms. The van der Waals surface area contributed by atoms with Crippen molar-refractivity contribution in [2.24, 2.45) is 0 Å². The SMILES string of the molecule is COc1cnc2c(c1)cc(C)n2S(=O)(=O)c1ccccc1C. The van der Waals surface area contributed by atoms with Crippen LogP contribution in [0.25, 0.3) is 11.0 Å². The number of hydrogen-bond donors (Lipinski definition) is 0. The highest BCUT2D eigenvalue weighted by Crippen LogP contribution is 2.27. The number of pyridine rings is 1. The zero-order valence-corrected chi connectivity index (χ0v) is 13.4. The molecule has 0 saturated carbocycles. The Bertz CT molecular complexity index is 959. The Morgan fingerprint density at radius 3 is 2.55 bits per heavy atom. The van der Waals surface area contributed by atoms with Gasteiger partial charge in [-0.05, 0) is 37.6 Å². The molecule has 5 nitrogen and oxygen atoms in total. The summed E-state index contributed by atoms with van der Waals surface area (Å²) in [5.41, 5.74) is 1.72. The summed E-state index contributed by atoms with van der Waals surface area (Å²) in [5.74, 6) is 0.595. The van der Waals surface area contributed by atoms with Gasteiger partial charge in [-0.2, -0.15) is 0 Å². The van der Waals surface area contributed by atoms with Crippen LogP contribution in [-0.2, 0) is 10.0 Å². The Labute approximate surface area is 129 Å². The maximum Gasteiger partial charge on any atom is 0.269 e. The van der Waals surface area contributed by atoms with E-state index in [0.29, 0.717) is 22.7 Å². The normalized spacial score (nSPS) is 11.8. The molecule has 3 aromatic rings. The van der Waals surface area contributed by atoms with Crippen molar-refractivity contribution in [3.05, 3.63) is 53.9 Å². The predicted molar refractivity (Wildman–Crippen MR) is 84.8 cm³/mol. The van der Waals surface area contributed by atoms with Gasteiger partial charge in [0.1, 0.15) is 5.75 Å². The molecular weight excluding hydrogens is 300 g/mol. The van der Waals surface area contributed by atoms with Crippen molar-refractivity contribution in [3.63, 3.8) is 0 Å². The Kier molecular flexibility index (Phi) is 3.41. The van der Waals surface area contributed by atoms with E-state index in [0.717, 1.165) is 5.39 Å². The summed E-state index contributed by atoms with van der Waals surface area (Å²) in [7, 11) is -2.14. The number of methoxy groups -OCH3 is 1. The molecule has 0 aliphatic carbocycles. The Balaban J connectivity index is 2.30. The van der Waals surface area contributed by atoms with Crippen molar-refractivity contribution < 1.29 is 13.2 Å². The van der Waals surface area contributed by atoms with Crippen molar-refractivity contribution in [2.75, 3.05) is 7.11 Å². The fraction of sp³-hybridized carbons (Fsp3) is 0.188. The van der Waals surface area contributed by atoms with Crippen molar-refractivity contribution in [1.29, 1.82) is 0 Å². The first kappa shape index (κ1) is 14.6. The number of aryl methyl sites for hydroxylation is 2. The molecule has 22 heavy (non-hydrogen) atoms. The van der Waals surface area contributed by atoms with Crippen molar-refractivity contribution in [3.8, 4) is 5.75 Å². The van der Waals surface area contributed by atoms with E-state index >= 15 is 0 Å². The first-order chi connectivity index (χ1) is 10.4. The van der Waals surface area contributed by atoms with Crippen molar-refractivity contribution in [2.45, 2.75) is 18.7 Å². The Hall–Kier alpha value is -2.34. The molecular formula is C16H16N2O3S. The highest BCUT2D eigenvalue weighted by molar-refractivity contribution is 7.90. The minimum Gasteiger partial charge on any atom is -0.495 e. The third-order valence-electron chi connectivity index (χ3n) is 3.59. The van der Waals surface area contributed by atoms with Gasteiger partial charge >= 0.3 is 0 Å². The quantitative estimate of drug-likeness (QED) is 0.745. The van der Waals surface area contributed by atoms with E-state index < -0.39 is 10.0 Å². The highest BCUT2D eigenvalue weighted by Gasteiger charge is 2.23. The molecule has 0 aliphatic rings. The average molecular weight is 316 g/mol. The molecule has 0 aliphatic heterocycles. The van der Waals surface area contributed by atoms with Gasteiger partial charge in [-0.15, -0.1) is 0 Å². The molecule has 2 heterocycles. The van der Waals surface area contributed by atoms with Crippen LogP contribution >= 0.6 is 0 Å². The van der Waals surface area contributed by atoms with Crippen LogP contribution in [-0.4, -0.2) is 24.5 Å². The topological polar surface area (TPSA) is 61.2 Å². The monoisotopic (exact) mass is 316 g/mol. The lowest BCUT2D eigenvalue weighted by Crippen LogP contribution is -2.15. The van der Waals surface area contributed by atoms with E-state index in [-0.39, 0.29) is 4.90 Å². The number of aromatic nitrogens is 2. The fourth-order valence-corrected chi connectivity index (χ4v) is 4.27. The summed E-state index contributed by atoms with van der Waals surface area (Å²) in [5, 5.41) is 0.731. The molecule has 0 saturated heterocycles. The van der Waals surface area contributed by atoms with Crippen LogP contribution in [0.3, 0.4) is 0 Å². The maximum absolute atomic E-state index is 13.0. The molecule has 0 fully saturated rings. The lowest BCUT2D eigenvalue weighted by Gasteiger charge is -2.11. The first-order valence-corrected chi connectivity index (χ1v) is 8.22. The second kappa shape index (κ2) is 5.14. The minimum absolute atomic E-state index is 0.285. The average Bonchev–Trinajstić information content (AvgIpc) is 2.82. The summed E-state index contributed by atoms with van der Waals surface area (Å²) >= 11 is 0. The second-order valence-corrected chi connectivity index (χ2v) is 6.86. The van der Waals surface area contributed by atoms with E-state index in [1.807, 2.05) is 6.07 Å². The number of ether oxygens (including phenoxy) is 1. The van der Waals surface area contributed by atoms with Gasteiger partial charge in [0, 0.05) is 11.1 Å². The van der Waals surface area contributed by atoms with Gasteiger partial charge in [0.2, 0.25) is 0 Å². The predicted octanol–water partition coefficient (Wildman–Crippen LogP) is 2.90. The zero-order chi connectivity index (χ0) is 15.9. The number of hydrogen-bond acceptors (Lipinski definition) is 4. The van der Waals surface area contributed by atoms with Gasteiger partial charge in [0.05, 0.1) is 18.2 Å². The minimum atomic E-state index is -3.69. The van der Waals surface area contributed by atoms with E-state index in [4.69, 9.17) is 4.74 Å². The van der Waals surface area contributed by atoms with Crippen molar-refractivity contribution >= 4 is 21.1 Å². The van der Waals surface area contributed by atoms with Crippen LogP contribution in [0.5, 0.6) is 5.75 Å². The molecule has 0 spiro atoms. The second-order valence-electron chi connectivity index (χ2n) is 5.11. The smallest absolute Gasteiger partial charge is 0.269 e. The van der Waals surface area contributed by atoms with Gasteiger partial charge in [-0.25, -0.2) is 17.4 Å². The zero-order valence-electron chi connectivity index (χ0n) is 12.6. The van der Waals surface area contributed by atoms with E-state index in [9.17, 15) is 8.42 Å². The van der Waals surface area contributed by atoms with Crippen LogP contribution in [0, 0.1) is 13.8 Å². The summed E-state index contributed by atoms with van der Waals surface area (Å²) in [6.07, 6.45) is 1.52. The number of rotatable bonds is 3. The number of nitrogens with zero attached hydrogens (tertiary/aromatic N) is 2. The van der Waals surface area contributed by atoms with Crippen molar-refractivity contribution in [1.82, 2.24) is 8.96 Å². The van der Waals surface area contributed by atoms with Crippen LogP contribution < -0.4 is 4.74 Å². The molecule has 0 N–H and O–H groups in total. The molecule has 0 radical (unpaired) electrons. The van der Waals surface area contributed by atoms with Gasteiger partial charge in [-0.1, -0.05) is 18.2 Å². The van der Waals surface area contributed by atoms with Crippen LogP contribution in [0.15, 0.2) is 47.5 Å². The molecule has 0 atom stereocenters. The first-order valence-electron chi connectivity index (χ1n) is 6.78. The Morgan fingerprint density at radius 2 is 1.86 bits per heavy atom. The molecule has 114 valence electrons.